The molecule has 1 aliphatic heterocycles. The second-order valence-electron chi connectivity index (χ2n) is 2.88. The van der Waals surface area contributed by atoms with Crippen LogP contribution in [-0.2, 0) is 9.84 Å². The summed E-state index contributed by atoms with van der Waals surface area (Å²) in [5, 5.41) is 2.95. The molecule has 0 saturated carbocycles. The second kappa shape index (κ2) is 4.18. The lowest BCUT2D eigenvalue weighted by molar-refractivity contribution is 0.274. The van der Waals surface area contributed by atoms with Crippen molar-refractivity contribution >= 4 is 9.84 Å². The third-order valence-corrected chi connectivity index (χ3v) is 3.53. The number of nitrogens with one attached hydrogen (secondary N) is 1. The van der Waals surface area contributed by atoms with E-state index >= 15 is 0 Å². The van der Waals surface area contributed by atoms with E-state index in [-0.39, 0.29) is 11.5 Å². The third kappa shape index (κ3) is 3.06. The lowest BCUT2D eigenvalue weighted by Gasteiger charge is -2.26. The van der Waals surface area contributed by atoms with E-state index in [2.05, 4.69) is 5.32 Å². The van der Waals surface area contributed by atoms with Crippen LogP contribution in [0.5, 0.6) is 0 Å². The maximum atomic E-state index is 11.0. The largest absolute Gasteiger partial charge is 0.318 e. The van der Waals surface area contributed by atoms with Gasteiger partial charge in [-0.15, -0.1) is 0 Å². The van der Waals surface area contributed by atoms with E-state index in [4.69, 9.17) is 5.73 Å². The van der Waals surface area contributed by atoms with Crippen LogP contribution in [0.25, 0.3) is 0 Å². The molecule has 1 saturated heterocycles. The highest BCUT2D eigenvalue weighted by molar-refractivity contribution is 7.91. The molecule has 6 heteroatoms. The molecule has 0 atom stereocenters. The van der Waals surface area contributed by atoms with Gasteiger partial charge in [-0.05, 0) is 0 Å². The molecular weight excluding hydrogens is 178 g/mol. The van der Waals surface area contributed by atoms with E-state index in [0.29, 0.717) is 26.4 Å². The summed E-state index contributed by atoms with van der Waals surface area (Å²) >= 11 is 0. The SMILES string of the molecule is NCNCN1CCS(=O)(=O)CC1. The Morgan fingerprint density at radius 3 is 2.42 bits per heavy atom. The first-order valence-corrected chi connectivity index (χ1v) is 5.80. The zero-order valence-corrected chi connectivity index (χ0v) is 7.81. The van der Waals surface area contributed by atoms with Crippen molar-refractivity contribution in [3.8, 4) is 0 Å². The van der Waals surface area contributed by atoms with E-state index in [1.807, 2.05) is 4.90 Å². The van der Waals surface area contributed by atoms with Crippen molar-refractivity contribution in [3.63, 3.8) is 0 Å². The molecule has 0 aromatic rings. The first-order chi connectivity index (χ1) is 5.64. The third-order valence-electron chi connectivity index (χ3n) is 1.92. The zero-order chi connectivity index (χ0) is 9.03. The second-order valence-corrected chi connectivity index (χ2v) is 5.19. The quantitative estimate of drug-likeness (QED) is 0.516. The molecule has 0 aromatic heterocycles. The maximum absolute atomic E-state index is 11.0. The summed E-state index contributed by atoms with van der Waals surface area (Å²) < 4.78 is 22.0. The minimum Gasteiger partial charge on any atom is -0.318 e. The van der Waals surface area contributed by atoms with Crippen LogP contribution in [0.2, 0.25) is 0 Å². The number of nitrogens with two attached hydrogens (primary N) is 1. The molecule has 0 amide bonds. The van der Waals surface area contributed by atoms with Crippen LogP contribution in [-0.4, -0.2) is 51.3 Å². The van der Waals surface area contributed by atoms with Crippen molar-refractivity contribution in [2.45, 2.75) is 0 Å². The maximum Gasteiger partial charge on any atom is 0.152 e. The predicted molar refractivity (Wildman–Crippen MR) is 47.3 cm³/mol. The molecule has 0 bridgehead atoms. The molecule has 1 fully saturated rings. The van der Waals surface area contributed by atoms with Crippen molar-refractivity contribution in [1.82, 2.24) is 10.2 Å². The number of hydrogen-bond acceptors (Lipinski definition) is 5. The van der Waals surface area contributed by atoms with Gasteiger partial charge in [0.1, 0.15) is 0 Å². The van der Waals surface area contributed by atoms with Crippen LogP contribution in [0.4, 0.5) is 0 Å². The van der Waals surface area contributed by atoms with Gasteiger partial charge < -0.3 is 5.73 Å². The molecule has 0 radical (unpaired) electrons. The summed E-state index contributed by atoms with van der Waals surface area (Å²) in [6.07, 6.45) is 0. The van der Waals surface area contributed by atoms with Crippen LogP contribution in [0, 0.1) is 0 Å². The Bertz CT molecular complexity index is 213. The average molecular weight is 193 g/mol. The van der Waals surface area contributed by atoms with Crippen LogP contribution < -0.4 is 11.1 Å². The van der Waals surface area contributed by atoms with Gasteiger partial charge in [-0.1, -0.05) is 0 Å². The zero-order valence-electron chi connectivity index (χ0n) is 6.99. The van der Waals surface area contributed by atoms with Gasteiger partial charge in [0.25, 0.3) is 0 Å². The molecule has 0 spiro atoms. The van der Waals surface area contributed by atoms with Crippen LogP contribution >= 0.6 is 0 Å². The molecule has 0 unspecified atom stereocenters. The van der Waals surface area contributed by atoms with Crippen molar-refractivity contribution < 1.29 is 8.42 Å². The summed E-state index contributed by atoms with van der Waals surface area (Å²) in [5.41, 5.74) is 5.24. The normalized spacial score (nSPS) is 24.1. The van der Waals surface area contributed by atoms with Gasteiger partial charge >= 0.3 is 0 Å². The van der Waals surface area contributed by atoms with E-state index in [1.54, 1.807) is 0 Å². The monoisotopic (exact) mass is 193 g/mol. The Kier molecular flexibility index (Phi) is 3.45. The number of hydrogen-bond donors (Lipinski definition) is 2. The first kappa shape index (κ1) is 9.91. The Morgan fingerprint density at radius 2 is 1.92 bits per heavy atom. The van der Waals surface area contributed by atoms with Crippen LogP contribution in [0.15, 0.2) is 0 Å². The van der Waals surface area contributed by atoms with Gasteiger partial charge in [-0.25, -0.2) is 8.42 Å². The van der Waals surface area contributed by atoms with E-state index < -0.39 is 9.84 Å². The fourth-order valence-electron chi connectivity index (χ4n) is 1.13. The summed E-state index contributed by atoms with van der Waals surface area (Å²) in [6, 6.07) is 0. The highest BCUT2D eigenvalue weighted by atomic mass is 32.2. The van der Waals surface area contributed by atoms with Gasteiger partial charge in [0, 0.05) is 26.4 Å². The molecule has 1 aliphatic rings. The fraction of sp³-hybridized carbons (Fsp3) is 1.00. The number of sulfone groups is 1. The molecule has 3 N–H and O–H groups in total. The molecule has 5 nitrogen and oxygen atoms in total. The van der Waals surface area contributed by atoms with E-state index in [9.17, 15) is 8.42 Å². The van der Waals surface area contributed by atoms with Crippen LogP contribution in [0.3, 0.4) is 0 Å². The van der Waals surface area contributed by atoms with Gasteiger partial charge in [0.2, 0.25) is 0 Å². The fourth-order valence-corrected chi connectivity index (χ4v) is 2.41. The summed E-state index contributed by atoms with van der Waals surface area (Å²) in [4.78, 5) is 2.05. The molecule has 0 aliphatic carbocycles. The molecular formula is C6H15N3O2S. The molecule has 0 aromatic carbocycles. The summed E-state index contributed by atoms with van der Waals surface area (Å²) in [5.74, 6) is 0.554. The Labute approximate surface area is 72.8 Å². The summed E-state index contributed by atoms with van der Waals surface area (Å²) in [7, 11) is -2.74. The smallest absolute Gasteiger partial charge is 0.152 e. The van der Waals surface area contributed by atoms with E-state index in [1.165, 1.54) is 0 Å². The molecule has 1 heterocycles. The van der Waals surface area contributed by atoms with Gasteiger partial charge in [-0.2, -0.15) is 0 Å². The predicted octanol–water partition coefficient (Wildman–Crippen LogP) is -1.82. The molecule has 72 valence electrons. The van der Waals surface area contributed by atoms with Crippen molar-refractivity contribution in [2.75, 3.05) is 37.9 Å². The van der Waals surface area contributed by atoms with Gasteiger partial charge in [-0.3, -0.25) is 10.2 Å². The molecule has 1 rings (SSSR count). The van der Waals surface area contributed by atoms with Crippen LogP contribution in [0.1, 0.15) is 0 Å². The Balaban J connectivity index is 2.27. The number of rotatable bonds is 3. The summed E-state index contributed by atoms with van der Waals surface area (Å²) in [6.45, 7) is 2.36. The first-order valence-electron chi connectivity index (χ1n) is 3.97. The van der Waals surface area contributed by atoms with E-state index in [0.717, 1.165) is 0 Å². The highest BCUT2D eigenvalue weighted by Crippen LogP contribution is 2.01. The molecule has 12 heavy (non-hydrogen) atoms. The lowest BCUT2D eigenvalue weighted by Crippen LogP contribution is -2.45. The highest BCUT2D eigenvalue weighted by Gasteiger charge is 2.20. The Morgan fingerprint density at radius 1 is 1.33 bits per heavy atom. The van der Waals surface area contributed by atoms with Crippen molar-refractivity contribution in [1.29, 1.82) is 0 Å². The minimum absolute atomic E-state index is 0.277. The average Bonchev–Trinajstić information content (AvgIpc) is 2.03. The minimum atomic E-state index is -2.74. The van der Waals surface area contributed by atoms with Crippen molar-refractivity contribution in [2.24, 2.45) is 5.73 Å². The lowest BCUT2D eigenvalue weighted by atomic mass is 10.5. The number of nitrogens with zero attached hydrogens (tertiary/aromatic N) is 1. The van der Waals surface area contributed by atoms with Gasteiger partial charge in [0.05, 0.1) is 11.5 Å². The standard InChI is InChI=1S/C6H15N3O2S/c7-5-8-6-9-1-3-12(10,11)4-2-9/h8H,1-7H2. The van der Waals surface area contributed by atoms with Crippen molar-refractivity contribution in [3.05, 3.63) is 0 Å². The topological polar surface area (TPSA) is 75.4 Å². The van der Waals surface area contributed by atoms with Gasteiger partial charge in [0.15, 0.2) is 9.84 Å². The Hall–Kier alpha value is -0.170.